The van der Waals surface area contributed by atoms with Crippen LogP contribution >= 0.6 is 0 Å². The van der Waals surface area contributed by atoms with E-state index < -0.39 is 16.1 Å². The zero-order valence-corrected chi connectivity index (χ0v) is 13.6. The van der Waals surface area contributed by atoms with Crippen LogP contribution in [0.5, 0.6) is 0 Å². The molecule has 0 unspecified atom stereocenters. The van der Waals surface area contributed by atoms with E-state index >= 15 is 0 Å². The van der Waals surface area contributed by atoms with Gasteiger partial charge in [0.25, 0.3) is 0 Å². The van der Waals surface area contributed by atoms with Gasteiger partial charge in [0.15, 0.2) is 0 Å². The van der Waals surface area contributed by atoms with Gasteiger partial charge in [0, 0.05) is 13.1 Å². The van der Waals surface area contributed by atoms with Gasteiger partial charge in [0.2, 0.25) is 15.9 Å². The predicted molar refractivity (Wildman–Crippen MR) is 87.7 cm³/mol. The molecule has 0 saturated carbocycles. The van der Waals surface area contributed by atoms with Gasteiger partial charge in [-0.3, -0.25) is 4.79 Å². The molecule has 120 valence electrons. The zero-order chi connectivity index (χ0) is 16.0. The topological polar surface area (TPSA) is 66.5 Å². The number of piperidine rings is 1. The van der Waals surface area contributed by atoms with Gasteiger partial charge in [-0.1, -0.05) is 48.9 Å². The van der Waals surface area contributed by atoms with E-state index in [1.54, 1.807) is 0 Å². The minimum atomic E-state index is -3.34. The van der Waals surface area contributed by atoms with E-state index in [0.717, 1.165) is 24.7 Å². The van der Waals surface area contributed by atoms with Crippen molar-refractivity contribution in [3.05, 3.63) is 42.0 Å². The lowest BCUT2D eigenvalue weighted by atomic mass is 10.0. The molecule has 0 spiro atoms. The Kier molecular flexibility index (Phi) is 5.74. The molecule has 1 amide bonds. The van der Waals surface area contributed by atoms with Gasteiger partial charge in [0.05, 0.1) is 6.26 Å². The molecule has 0 aromatic heterocycles. The first kappa shape index (κ1) is 16.7. The zero-order valence-electron chi connectivity index (χ0n) is 12.7. The standard InChI is InChI=1S/C16H22N2O3S/c1-22(20,21)18-13-6-5-11-15(18)16(19)17-12-7-10-14-8-3-2-4-9-14/h2-4,7-10,15H,5-6,11-13H2,1H3,(H,17,19)/b10-7+/t15-/m1/s1. The Bertz CT molecular complexity index is 626. The maximum atomic E-state index is 12.2. The maximum Gasteiger partial charge on any atom is 0.238 e. The number of nitrogens with one attached hydrogen (secondary N) is 1. The summed E-state index contributed by atoms with van der Waals surface area (Å²) in [5.74, 6) is -0.220. The first-order valence-corrected chi connectivity index (χ1v) is 9.29. The normalized spacial score (nSPS) is 20.1. The monoisotopic (exact) mass is 322 g/mol. The number of hydrogen-bond acceptors (Lipinski definition) is 3. The summed E-state index contributed by atoms with van der Waals surface area (Å²) in [6.45, 7) is 0.818. The molecule has 1 saturated heterocycles. The van der Waals surface area contributed by atoms with Crippen molar-refractivity contribution in [2.75, 3.05) is 19.3 Å². The third kappa shape index (κ3) is 4.68. The second kappa shape index (κ2) is 7.56. The van der Waals surface area contributed by atoms with Gasteiger partial charge in [-0.25, -0.2) is 8.42 Å². The van der Waals surface area contributed by atoms with Crippen molar-refractivity contribution >= 4 is 22.0 Å². The molecule has 1 aliphatic heterocycles. The van der Waals surface area contributed by atoms with E-state index in [0.29, 0.717) is 19.5 Å². The van der Waals surface area contributed by atoms with Crippen molar-refractivity contribution in [2.24, 2.45) is 0 Å². The van der Waals surface area contributed by atoms with E-state index in [1.807, 2.05) is 42.5 Å². The summed E-state index contributed by atoms with van der Waals surface area (Å²) in [5.41, 5.74) is 1.06. The highest BCUT2D eigenvalue weighted by molar-refractivity contribution is 7.88. The highest BCUT2D eigenvalue weighted by Crippen LogP contribution is 2.19. The molecule has 1 aliphatic rings. The van der Waals surface area contributed by atoms with E-state index in [9.17, 15) is 13.2 Å². The minimum absolute atomic E-state index is 0.220. The molecule has 0 bridgehead atoms. The van der Waals surface area contributed by atoms with Crippen LogP contribution in [0.1, 0.15) is 24.8 Å². The molecule has 5 nitrogen and oxygen atoms in total. The Hall–Kier alpha value is -1.66. The molecule has 1 heterocycles. The summed E-state index contributed by atoms with van der Waals surface area (Å²) in [6.07, 6.45) is 7.22. The first-order chi connectivity index (χ1) is 10.5. The largest absolute Gasteiger partial charge is 0.351 e. The molecule has 2 rings (SSSR count). The molecule has 1 N–H and O–H groups in total. The Morgan fingerprint density at radius 3 is 2.73 bits per heavy atom. The second-order valence-electron chi connectivity index (χ2n) is 5.44. The van der Waals surface area contributed by atoms with Crippen molar-refractivity contribution in [1.82, 2.24) is 9.62 Å². The quantitative estimate of drug-likeness (QED) is 0.896. The number of amides is 1. The van der Waals surface area contributed by atoms with E-state index in [1.165, 1.54) is 4.31 Å². The van der Waals surface area contributed by atoms with Crippen LogP contribution in [0, 0.1) is 0 Å². The molecular formula is C16H22N2O3S. The first-order valence-electron chi connectivity index (χ1n) is 7.44. The van der Waals surface area contributed by atoms with Gasteiger partial charge >= 0.3 is 0 Å². The average molecular weight is 322 g/mol. The van der Waals surface area contributed by atoms with Crippen LogP contribution < -0.4 is 5.32 Å². The van der Waals surface area contributed by atoms with Gasteiger partial charge in [-0.15, -0.1) is 0 Å². The average Bonchev–Trinajstić information content (AvgIpc) is 2.51. The van der Waals surface area contributed by atoms with E-state index in [-0.39, 0.29) is 5.91 Å². The van der Waals surface area contributed by atoms with Gasteiger partial charge in [-0.05, 0) is 18.4 Å². The molecule has 1 aromatic rings. The lowest BCUT2D eigenvalue weighted by Gasteiger charge is -2.32. The van der Waals surface area contributed by atoms with Crippen molar-refractivity contribution in [1.29, 1.82) is 0 Å². The lowest BCUT2D eigenvalue weighted by Crippen LogP contribution is -2.51. The van der Waals surface area contributed by atoms with Gasteiger partial charge in [0.1, 0.15) is 6.04 Å². The van der Waals surface area contributed by atoms with Crippen LogP contribution in [0.2, 0.25) is 0 Å². The van der Waals surface area contributed by atoms with Crippen molar-refractivity contribution in [3.63, 3.8) is 0 Å². The van der Waals surface area contributed by atoms with Crippen LogP contribution in [0.15, 0.2) is 36.4 Å². The third-order valence-corrected chi connectivity index (χ3v) is 4.98. The van der Waals surface area contributed by atoms with E-state index in [4.69, 9.17) is 0 Å². The maximum absolute atomic E-state index is 12.2. The fourth-order valence-corrected chi connectivity index (χ4v) is 3.72. The van der Waals surface area contributed by atoms with Crippen LogP contribution in [0.4, 0.5) is 0 Å². The number of hydrogen-bond donors (Lipinski definition) is 1. The Morgan fingerprint density at radius 2 is 2.05 bits per heavy atom. The Balaban J connectivity index is 1.89. The molecule has 0 aliphatic carbocycles. The van der Waals surface area contributed by atoms with Gasteiger partial charge in [-0.2, -0.15) is 4.31 Å². The highest BCUT2D eigenvalue weighted by Gasteiger charge is 2.33. The Labute approximate surface area is 132 Å². The smallest absolute Gasteiger partial charge is 0.238 e. The predicted octanol–water partition coefficient (Wildman–Crippen LogP) is 1.63. The van der Waals surface area contributed by atoms with Crippen LogP contribution in [0.3, 0.4) is 0 Å². The summed E-state index contributed by atoms with van der Waals surface area (Å²) in [6, 6.07) is 9.22. The molecule has 1 atom stereocenters. The summed E-state index contributed by atoms with van der Waals surface area (Å²) < 4.78 is 24.8. The Morgan fingerprint density at radius 1 is 1.32 bits per heavy atom. The molecule has 6 heteroatoms. The SMILES string of the molecule is CS(=O)(=O)N1CCCC[C@@H]1C(=O)NC/C=C/c1ccccc1. The van der Waals surface area contributed by atoms with Gasteiger partial charge < -0.3 is 5.32 Å². The molecular weight excluding hydrogens is 300 g/mol. The van der Waals surface area contributed by atoms with Crippen LogP contribution in [0.25, 0.3) is 6.08 Å². The third-order valence-electron chi connectivity index (χ3n) is 3.69. The van der Waals surface area contributed by atoms with Crippen LogP contribution in [-0.2, 0) is 14.8 Å². The fourth-order valence-electron chi connectivity index (χ4n) is 2.60. The van der Waals surface area contributed by atoms with Crippen molar-refractivity contribution < 1.29 is 13.2 Å². The summed E-state index contributed by atoms with van der Waals surface area (Å²) in [5, 5.41) is 2.79. The highest BCUT2D eigenvalue weighted by atomic mass is 32.2. The number of nitrogens with zero attached hydrogens (tertiary/aromatic N) is 1. The number of benzene rings is 1. The number of rotatable bonds is 5. The van der Waals surface area contributed by atoms with Crippen LogP contribution in [-0.4, -0.2) is 44.0 Å². The number of carbonyl (C=O) groups is 1. The minimum Gasteiger partial charge on any atom is -0.351 e. The number of carbonyl (C=O) groups excluding carboxylic acids is 1. The molecule has 1 fully saturated rings. The number of sulfonamides is 1. The summed E-state index contributed by atoms with van der Waals surface area (Å²) >= 11 is 0. The molecule has 22 heavy (non-hydrogen) atoms. The van der Waals surface area contributed by atoms with E-state index in [2.05, 4.69) is 5.32 Å². The fraction of sp³-hybridized carbons (Fsp3) is 0.438. The summed E-state index contributed by atoms with van der Waals surface area (Å²) in [4.78, 5) is 12.2. The summed E-state index contributed by atoms with van der Waals surface area (Å²) in [7, 11) is -3.34. The molecule has 0 radical (unpaired) electrons. The second-order valence-corrected chi connectivity index (χ2v) is 7.38. The van der Waals surface area contributed by atoms with Crippen molar-refractivity contribution in [3.8, 4) is 0 Å². The lowest BCUT2D eigenvalue weighted by molar-refractivity contribution is -0.125. The molecule has 1 aromatic carbocycles. The van der Waals surface area contributed by atoms with Crippen molar-refractivity contribution in [2.45, 2.75) is 25.3 Å².